The summed E-state index contributed by atoms with van der Waals surface area (Å²) in [5.41, 5.74) is -0.610. The topological polar surface area (TPSA) is 240 Å². The summed E-state index contributed by atoms with van der Waals surface area (Å²) in [6, 6.07) is 1.01. The van der Waals surface area contributed by atoms with E-state index in [0.29, 0.717) is 57.8 Å². The summed E-state index contributed by atoms with van der Waals surface area (Å²) in [5, 5.41) is 37.7. The normalized spacial score (nSPS) is 16.0. The minimum absolute atomic E-state index is 0.0505. The van der Waals surface area contributed by atoms with Crippen molar-refractivity contribution in [3.8, 4) is 0 Å². The average Bonchev–Trinajstić information content (AvgIpc) is 3.09. The predicted octanol–water partition coefficient (Wildman–Crippen LogP) is -0.947. The summed E-state index contributed by atoms with van der Waals surface area (Å²) >= 11 is 0. The molecule has 0 spiro atoms. The number of ether oxygens (including phenoxy) is 3. The van der Waals surface area contributed by atoms with Crippen LogP contribution in [0.5, 0.6) is 0 Å². The van der Waals surface area contributed by atoms with Gasteiger partial charge in [-0.3, -0.25) is 0 Å². The van der Waals surface area contributed by atoms with Crippen LogP contribution in [-0.2, 0) is 36.3 Å². The van der Waals surface area contributed by atoms with Gasteiger partial charge in [-0.15, -0.1) is 0 Å². The SMILES string of the molecule is CCC(COCC(O)CCCCC[Si](O)(O)OC)(COCC(O)CNCCC[Si](O)(O)OC)COCC(O)CNCCC[Si](OC)(OC)OC. The highest BCUT2D eigenvalue weighted by Gasteiger charge is 2.37. The molecular weight excluding hydrogens is 713 g/mol. The van der Waals surface area contributed by atoms with Crippen LogP contribution in [-0.4, -0.2) is 181 Å². The molecule has 0 heterocycles. The number of hydrogen-bond donors (Lipinski definition) is 9. The first-order chi connectivity index (χ1) is 23.7. The van der Waals surface area contributed by atoms with Crippen LogP contribution in [0.25, 0.3) is 0 Å². The third-order valence-corrected chi connectivity index (χ3v) is 14.6. The summed E-state index contributed by atoms with van der Waals surface area (Å²) in [6.07, 6.45) is 2.11. The van der Waals surface area contributed by atoms with Gasteiger partial charge in [0.25, 0.3) is 0 Å². The Hall–Kier alpha value is -0.0294. The molecular formula is C30H70N2O15Si3. The molecule has 4 atom stereocenters. The standard InChI is InChI=1S/C30H70N2O15Si3/c1-7-30(24-45-21-27(33)13-9-8-10-16-48(36,37)40-2,25-46-22-28(34)19-31-14-11-17-49(38,39)41-3)26-47-23-29(35)20-32-15-12-18-50(42-4,43-5)44-6/h27-29,31-39H,7-26H2,1-6H3. The van der Waals surface area contributed by atoms with E-state index in [-0.39, 0.29) is 58.3 Å². The first-order valence-corrected chi connectivity index (χ1v) is 23.5. The summed E-state index contributed by atoms with van der Waals surface area (Å²) in [7, 11) is -2.51. The average molecular weight is 783 g/mol. The van der Waals surface area contributed by atoms with Crippen molar-refractivity contribution in [3.05, 3.63) is 0 Å². The zero-order valence-electron chi connectivity index (χ0n) is 31.3. The third-order valence-electron chi connectivity index (χ3n) is 8.48. The van der Waals surface area contributed by atoms with E-state index >= 15 is 0 Å². The zero-order valence-corrected chi connectivity index (χ0v) is 34.3. The molecule has 0 aliphatic rings. The first kappa shape index (κ1) is 50.0. The molecule has 0 aliphatic carbocycles. The second kappa shape index (κ2) is 28.4. The Balaban J connectivity index is 4.86. The molecule has 20 heteroatoms. The first-order valence-electron chi connectivity index (χ1n) is 17.5. The van der Waals surface area contributed by atoms with Crippen LogP contribution in [0, 0.1) is 5.41 Å². The molecule has 0 aliphatic heterocycles. The number of aliphatic hydroxyl groups is 3. The molecule has 4 unspecified atom stereocenters. The number of aliphatic hydroxyl groups excluding tert-OH is 3. The van der Waals surface area contributed by atoms with Crippen molar-refractivity contribution >= 4 is 26.4 Å². The summed E-state index contributed by atoms with van der Waals surface area (Å²) in [5.74, 6) is 0. The van der Waals surface area contributed by atoms with Crippen LogP contribution >= 0.6 is 0 Å². The maximum absolute atomic E-state index is 10.5. The molecule has 0 fully saturated rings. The van der Waals surface area contributed by atoms with Crippen LogP contribution in [0.15, 0.2) is 0 Å². The largest absolute Gasteiger partial charge is 0.500 e. The van der Waals surface area contributed by atoms with Crippen molar-refractivity contribution < 1.29 is 70.8 Å². The van der Waals surface area contributed by atoms with Gasteiger partial charge in [-0.25, -0.2) is 0 Å². The van der Waals surface area contributed by atoms with Crippen molar-refractivity contribution in [3.63, 3.8) is 0 Å². The Morgan fingerprint density at radius 1 is 0.540 bits per heavy atom. The molecule has 0 amide bonds. The van der Waals surface area contributed by atoms with Gasteiger partial charge in [-0.2, -0.15) is 0 Å². The summed E-state index contributed by atoms with van der Waals surface area (Å²) < 4.78 is 43.5. The molecule has 17 nitrogen and oxygen atoms in total. The van der Waals surface area contributed by atoms with Gasteiger partial charge in [0.2, 0.25) is 0 Å². The number of hydrogen-bond acceptors (Lipinski definition) is 17. The summed E-state index contributed by atoms with van der Waals surface area (Å²) in [4.78, 5) is 38.5. The maximum atomic E-state index is 10.5. The van der Waals surface area contributed by atoms with E-state index in [4.69, 9.17) is 36.3 Å². The van der Waals surface area contributed by atoms with E-state index in [1.165, 1.54) is 14.2 Å². The van der Waals surface area contributed by atoms with E-state index in [0.717, 1.165) is 12.8 Å². The highest BCUT2D eigenvalue weighted by atomic mass is 28.4. The van der Waals surface area contributed by atoms with Gasteiger partial charge in [0.05, 0.1) is 58.0 Å². The molecule has 0 saturated heterocycles. The van der Waals surface area contributed by atoms with Crippen molar-refractivity contribution in [2.24, 2.45) is 5.41 Å². The fraction of sp³-hybridized carbons (Fsp3) is 1.00. The minimum Gasteiger partial charge on any atom is -0.391 e. The summed E-state index contributed by atoms with van der Waals surface area (Å²) in [6.45, 7) is 4.56. The molecule has 0 bridgehead atoms. The van der Waals surface area contributed by atoms with Gasteiger partial charge in [0, 0.05) is 72.2 Å². The Labute approximate surface area is 302 Å². The number of unbranched alkanes of at least 4 members (excludes halogenated alkanes) is 2. The van der Waals surface area contributed by atoms with Gasteiger partial charge in [0.15, 0.2) is 0 Å². The molecule has 50 heavy (non-hydrogen) atoms. The quantitative estimate of drug-likeness (QED) is 0.0275. The third kappa shape index (κ3) is 24.3. The monoisotopic (exact) mass is 782 g/mol. The van der Waals surface area contributed by atoms with Crippen molar-refractivity contribution in [1.82, 2.24) is 10.6 Å². The molecule has 0 aromatic rings. The molecule has 302 valence electrons. The van der Waals surface area contributed by atoms with Crippen LogP contribution in [0.3, 0.4) is 0 Å². The molecule has 0 radical (unpaired) electrons. The van der Waals surface area contributed by atoms with E-state index in [1.807, 2.05) is 6.92 Å². The van der Waals surface area contributed by atoms with Crippen molar-refractivity contribution in [2.75, 3.05) is 101 Å². The molecule has 0 aromatic carbocycles. The lowest BCUT2D eigenvalue weighted by Crippen LogP contribution is -2.43. The molecule has 0 saturated carbocycles. The van der Waals surface area contributed by atoms with E-state index in [1.54, 1.807) is 21.3 Å². The minimum atomic E-state index is -3.59. The Kier molecular flexibility index (Phi) is 28.4. The highest BCUT2D eigenvalue weighted by molar-refractivity contribution is 6.60. The maximum Gasteiger partial charge on any atom is 0.500 e. The van der Waals surface area contributed by atoms with Crippen LogP contribution in [0.4, 0.5) is 0 Å². The number of rotatable bonds is 36. The fourth-order valence-electron chi connectivity index (χ4n) is 4.95. The van der Waals surface area contributed by atoms with Gasteiger partial charge in [-0.05, 0) is 45.2 Å². The lowest BCUT2D eigenvalue weighted by atomic mass is 9.88. The van der Waals surface area contributed by atoms with E-state index in [9.17, 15) is 34.5 Å². The van der Waals surface area contributed by atoms with Gasteiger partial charge >= 0.3 is 26.4 Å². The Morgan fingerprint density at radius 3 is 1.38 bits per heavy atom. The fourth-order valence-corrected chi connectivity index (χ4v) is 8.43. The van der Waals surface area contributed by atoms with Gasteiger partial charge in [0.1, 0.15) is 0 Å². The number of nitrogens with one attached hydrogen (secondary N) is 2. The van der Waals surface area contributed by atoms with E-state index < -0.39 is 50.1 Å². The second-order valence-corrected chi connectivity index (χ2v) is 20.6. The van der Waals surface area contributed by atoms with Crippen molar-refractivity contribution in [2.45, 2.75) is 88.3 Å². The lowest BCUT2D eigenvalue weighted by Gasteiger charge is -2.33. The van der Waals surface area contributed by atoms with Gasteiger partial charge in [-0.1, -0.05) is 19.8 Å². The Bertz CT molecular complexity index is 761. The van der Waals surface area contributed by atoms with Crippen LogP contribution in [0.1, 0.15) is 51.9 Å². The lowest BCUT2D eigenvalue weighted by molar-refractivity contribution is -0.1000. The molecule has 0 aromatic heterocycles. The van der Waals surface area contributed by atoms with Crippen molar-refractivity contribution in [1.29, 1.82) is 0 Å². The molecule has 9 N–H and O–H groups in total. The molecule has 0 rings (SSSR count). The van der Waals surface area contributed by atoms with Crippen LogP contribution in [0.2, 0.25) is 18.1 Å². The highest BCUT2D eigenvalue weighted by Crippen LogP contribution is 2.25. The predicted molar refractivity (Wildman–Crippen MR) is 192 cm³/mol. The van der Waals surface area contributed by atoms with Crippen LogP contribution < -0.4 is 10.6 Å². The Morgan fingerprint density at radius 2 is 0.960 bits per heavy atom. The van der Waals surface area contributed by atoms with Gasteiger partial charge < -0.3 is 81.5 Å². The second-order valence-electron chi connectivity index (χ2n) is 12.8. The van der Waals surface area contributed by atoms with E-state index in [2.05, 4.69) is 10.6 Å². The zero-order chi connectivity index (χ0) is 37.9. The smallest absolute Gasteiger partial charge is 0.391 e.